The number of hydrogen-bond donors (Lipinski definition) is 2. The lowest BCUT2D eigenvalue weighted by atomic mass is 9.87. The molecule has 0 aromatic heterocycles. The van der Waals surface area contributed by atoms with E-state index in [1.165, 1.54) is 0 Å². The van der Waals surface area contributed by atoms with Crippen LogP contribution in [0.4, 0.5) is 4.79 Å². The van der Waals surface area contributed by atoms with Gasteiger partial charge in [-0.3, -0.25) is 14.5 Å². The fourth-order valence-corrected chi connectivity index (χ4v) is 3.44. The first-order chi connectivity index (χ1) is 12.4. The van der Waals surface area contributed by atoms with Crippen LogP contribution in [0.2, 0.25) is 0 Å². The summed E-state index contributed by atoms with van der Waals surface area (Å²) in [5.74, 6) is 0.470. The van der Waals surface area contributed by atoms with Gasteiger partial charge in [-0.25, -0.2) is 4.79 Å². The molecule has 0 spiro atoms. The molecule has 7 nitrogen and oxygen atoms in total. The molecule has 7 heteroatoms. The average Bonchev–Trinajstić information content (AvgIpc) is 3.45. The van der Waals surface area contributed by atoms with E-state index in [4.69, 9.17) is 4.74 Å². The summed E-state index contributed by atoms with van der Waals surface area (Å²) in [7, 11) is 1.57. The van der Waals surface area contributed by atoms with E-state index in [0.717, 1.165) is 17.7 Å². The average molecular weight is 359 g/mol. The summed E-state index contributed by atoms with van der Waals surface area (Å²) in [4.78, 5) is 38.7. The lowest BCUT2D eigenvalue weighted by Crippen LogP contribution is -2.46. The van der Waals surface area contributed by atoms with Crippen molar-refractivity contribution in [1.82, 2.24) is 15.5 Å². The highest BCUT2D eigenvalue weighted by Gasteiger charge is 2.51. The molecule has 0 radical (unpaired) electrons. The van der Waals surface area contributed by atoms with E-state index in [1.54, 1.807) is 31.4 Å². The minimum absolute atomic E-state index is 0.0702. The van der Waals surface area contributed by atoms with Crippen LogP contribution in [0.15, 0.2) is 24.3 Å². The highest BCUT2D eigenvalue weighted by molar-refractivity contribution is 6.09. The Morgan fingerprint density at radius 3 is 2.54 bits per heavy atom. The second-order valence-electron chi connectivity index (χ2n) is 7.00. The molecule has 3 rings (SSSR count). The molecule has 2 N–H and O–H groups in total. The number of ether oxygens (including phenoxy) is 1. The fourth-order valence-electron chi connectivity index (χ4n) is 3.44. The molecule has 0 bridgehead atoms. The SMILES string of the molecule is CC[C@@]1(c2ccc(OC)cc2)NC(=O)N(CC(=O)N[C@H](C)C2CC2)C1=O. The maximum atomic E-state index is 13.0. The van der Waals surface area contributed by atoms with Crippen LogP contribution >= 0.6 is 0 Å². The molecular formula is C19H25N3O4. The highest BCUT2D eigenvalue weighted by atomic mass is 16.5. The summed E-state index contributed by atoms with van der Waals surface area (Å²) in [5.41, 5.74) is -0.473. The van der Waals surface area contributed by atoms with Crippen LogP contribution in [-0.2, 0) is 15.1 Å². The Morgan fingerprint density at radius 1 is 1.35 bits per heavy atom. The van der Waals surface area contributed by atoms with Crippen molar-refractivity contribution in [3.8, 4) is 5.75 Å². The highest BCUT2D eigenvalue weighted by Crippen LogP contribution is 2.34. The Balaban J connectivity index is 1.75. The van der Waals surface area contributed by atoms with Gasteiger partial charge in [0.15, 0.2) is 0 Å². The third-order valence-corrected chi connectivity index (χ3v) is 5.31. The lowest BCUT2D eigenvalue weighted by Gasteiger charge is -2.26. The molecule has 1 aromatic rings. The van der Waals surface area contributed by atoms with Gasteiger partial charge < -0.3 is 15.4 Å². The third kappa shape index (κ3) is 3.25. The number of carbonyl (C=O) groups excluding carboxylic acids is 3. The minimum atomic E-state index is -1.15. The van der Waals surface area contributed by atoms with Gasteiger partial charge in [0.25, 0.3) is 5.91 Å². The third-order valence-electron chi connectivity index (χ3n) is 5.31. The van der Waals surface area contributed by atoms with Crippen molar-refractivity contribution in [2.45, 2.75) is 44.7 Å². The molecule has 4 amide bonds. The number of benzene rings is 1. The number of nitrogens with one attached hydrogen (secondary N) is 2. The Labute approximate surface area is 153 Å². The number of carbonyl (C=O) groups is 3. The summed E-state index contributed by atoms with van der Waals surface area (Å²) >= 11 is 0. The maximum Gasteiger partial charge on any atom is 0.325 e. The molecule has 1 aliphatic heterocycles. The molecule has 1 saturated carbocycles. The summed E-state index contributed by atoms with van der Waals surface area (Å²) in [6, 6.07) is 6.55. The topological polar surface area (TPSA) is 87.7 Å². The molecule has 0 unspecified atom stereocenters. The summed E-state index contributed by atoms with van der Waals surface area (Å²) in [6.07, 6.45) is 2.61. The summed E-state index contributed by atoms with van der Waals surface area (Å²) < 4.78 is 5.15. The first-order valence-corrected chi connectivity index (χ1v) is 8.99. The van der Waals surface area contributed by atoms with Gasteiger partial charge in [-0.2, -0.15) is 0 Å². The minimum Gasteiger partial charge on any atom is -0.497 e. The molecule has 140 valence electrons. The lowest BCUT2D eigenvalue weighted by molar-refractivity contribution is -0.135. The second-order valence-corrected chi connectivity index (χ2v) is 7.00. The predicted octanol–water partition coefficient (Wildman–Crippen LogP) is 1.77. The molecule has 1 heterocycles. The van der Waals surface area contributed by atoms with Crippen molar-refractivity contribution in [1.29, 1.82) is 0 Å². The summed E-state index contributed by atoms with van der Waals surface area (Å²) in [6.45, 7) is 3.52. The van der Waals surface area contributed by atoms with Crippen LogP contribution in [0.25, 0.3) is 0 Å². The number of imide groups is 1. The molecule has 2 fully saturated rings. The largest absolute Gasteiger partial charge is 0.497 e. The van der Waals surface area contributed by atoms with Crippen molar-refractivity contribution < 1.29 is 19.1 Å². The number of methoxy groups -OCH3 is 1. The van der Waals surface area contributed by atoms with Crippen LogP contribution in [0, 0.1) is 5.92 Å². The van der Waals surface area contributed by atoms with Crippen molar-refractivity contribution in [3.05, 3.63) is 29.8 Å². The molecule has 1 aliphatic carbocycles. The van der Waals surface area contributed by atoms with Crippen LogP contribution in [-0.4, -0.2) is 42.4 Å². The van der Waals surface area contributed by atoms with Gasteiger partial charge >= 0.3 is 6.03 Å². The molecule has 26 heavy (non-hydrogen) atoms. The molecule has 2 atom stereocenters. The first-order valence-electron chi connectivity index (χ1n) is 8.99. The standard InChI is InChI=1S/C19H25N3O4/c1-4-19(14-7-9-15(26-3)10-8-14)17(24)22(18(25)21-19)11-16(23)20-12(2)13-5-6-13/h7-10,12-13H,4-6,11H2,1-3H3,(H,20,23)(H,21,25)/t12-,19+/m1/s1. The molecule has 1 saturated heterocycles. The Morgan fingerprint density at radius 2 is 2.00 bits per heavy atom. The van der Waals surface area contributed by atoms with E-state index >= 15 is 0 Å². The second kappa shape index (κ2) is 6.97. The maximum absolute atomic E-state index is 13.0. The van der Waals surface area contributed by atoms with Gasteiger partial charge in [0.2, 0.25) is 5.91 Å². The van der Waals surface area contributed by atoms with Crippen molar-refractivity contribution in [3.63, 3.8) is 0 Å². The Kier molecular flexibility index (Phi) is 4.89. The van der Waals surface area contributed by atoms with Crippen LogP contribution in [0.1, 0.15) is 38.7 Å². The number of rotatable bonds is 7. The normalized spacial score (nSPS) is 23.6. The van der Waals surface area contributed by atoms with E-state index in [2.05, 4.69) is 10.6 Å². The van der Waals surface area contributed by atoms with E-state index in [-0.39, 0.29) is 18.5 Å². The summed E-state index contributed by atoms with van der Waals surface area (Å²) in [5, 5.41) is 5.66. The van der Waals surface area contributed by atoms with Crippen molar-refractivity contribution >= 4 is 17.8 Å². The van der Waals surface area contributed by atoms with Gasteiger partial charge in [0.1, 0.15) is 17.8 Å². The fraction of sp³-hybridized carbons (Fsp3) is 0.526. The van der Waals surface area contributed by atoms with Gasteiger partial charge in [-0.1, -0.05) is 19.1 Å². The van der Waals surface area contributed by atoms with Gasteiger partial charge in [-0.05, 0) is 49.8 Å². The molecule has 1 aromatic carbocycles. The van der Waals surface area contributed by atoms with Crippen molar-refractivity contribution in [2.24, 2.45) is 5.92 Å². The van der Waals surface area contributed by atoms with Gasteiger partial charge in [-0.15, -0.1) is 0 Å². The zero-order valence-electron chi connectivity index (χ0n) is 15.4. The van der Waals surface area contributed by atoms with E-state index in [0.29, 0.717) is 23.7 Å². The van der Waals surface area contributed by atoms with E-state index < -0.39 is 17.5 Å². The van der Waals surface area contributed by atoms with E-state index in [9.17, 15) is 14.4 Å². The molecular weight excluding hydrogens is 334 g/mol. The van der Waals surface area contributed by atoms with E-state index in [1.807, 2.05) is 13.8 Å². The number of urea groups is 1. The van der Waals surface area contributed by atoms with Crippen LogP contribution < -0.4 is 15.4 Å². The number of nitrogens with zero attached hydrogens (tertiary/aromatic N) is 1. The van der Waals surface area contributed by atoms with Crippen LogP contribution in [0.3, 0.4) is 0 Å². The zero-order valence-corrected chi connectivity index (χ0v) is 15.4. The predicted molar refractivity (Wildman–Crippen MR) is 95.5 cm³/mol. The van der Waals surface area contributed by atoms with Gasteiger partial charge in [0.05, 0.1) is 7.11 Å². The Hall–Kier alpha value is -2.57. The van der Waals surface area contributed by atoms with Crippen molar-refractivity contribution in [2.75, 3.05) is 13.7 Å². The Bertz CT molecular complexity index is 714. The number of hydrogen-bond acceptors (Lipinski definition) is 4. The van der Waals surface area contributed by atoms with Gasteiger partial charge in [0, 0.05) is 6.04 Å². The monoisotopic (exact) mass is 359 g/mol. The smallest absolute Gasteiger partial charge is 0.325 e. The molecule has 2 aliphatic rings. The first kappa shape index (κ1) is 18.2. The zero-order chi connectivity index (χ0) is 18.9. The number of amides is 4. The van der Waals surface area contributed by atoms with Crippen LogP contribution in [0.5, 0.6) is 5.75 Å². The quantitative estimate of drug-likeness (QED) is 0.726.